The Kier molecular flexibility index (Phi) is 3.71. The van der Waals surface area contributed by atoms with Gasteiger partial charge >= 0.3 is 0 Å². The molecule has 0 aliphatic rings. The third-order valence-corrected chi connectivity index (χ3v) is 2.82. The second kappa shape index (κ2) is 5.25. The van der Waals surface area contributed by atoms with E-state index in [-0.39, 0.29) is 0 Å². The Hall–Kier alpha value is -1.45. The van der Waals surface area contributed by atoms with Gasteiger partial charge in [-0.2, -0.15) is 0 Å². The normalized spacial score (nSPS) is 10.5. The monoisotopic (exact) mass is 251 g/mol. The molecule has 0 saturated heterocycles. The van der Waals surface area contributed by atoms with Crippen LogP contribution in [0.1, 0.15) is 16.9 Å². The second-order valence-electron chi connectivity index (χ2n) is 3.80. The zero-order valence-corrected chi connectivity index (χ0v) is 10.3. The lowest BCUT2D eigenvalue weighted by Gasteiger charge is -2.08. The molecule has 90 valence electrons. The average Bonchev–Trinajstić information content (AvgIpc) is 2.77. The summed E-state index contributed by atoms with van der Waals surface area (Å²) in [5.41, 5.74) is 7.63. The Bertz CT molecular complexity index is 508. The summed E-state index contributed by atoms with van der Waals surface area (Å²) in [7, 11) is 0. The van der Waals surface area contributed by atoms with E-state index >= 15 is 0 Å². The first-order chi connectivity index (χ1) is 8.20. The molecule has 17 heavy (non-hydrogen) atoms. The Balaban J connectivity index is 2.09. The van der Waals surface area contributed by atoms with Crippen LogP contribution < -0.4 is 10.5 Å². The predicted molar refractivity (Wildman–Crippen MR) is 67.1 cm³/mol. The van der Waals surface area contributed by atoms with Gasteiger partial charge < -0.3 is 14.9 Å². The van der Waals surface area contributed by atoms with Crippen LogP contribution >= 0.6 is 11.6 Å². The standard InChI is InChI=1S/C13H14ClNO2/c1-9-2-3-11(14)12(6-9)17-8-13-10(7-15)4-5-16-13/h2-6H,7-8,15H2,1H3. The maximum absolute atomic E-state index is 6.03. The van der Waals surface area contributed by atoms with Crippen LogP contribution in [0.5, 0.6) is 5.75 Å². The number of nitrogens with two attached hydrogens (primary N) is 1. The van der Waals surface area contributed by atoms with Crippen LogP contribution in [0.2, 0.25) is 5.02 Å². The SMILES string of the molecule is Cc1ccc(Cl)c(OCc2occc2CN)c1. The minimum atomic E-state index is 0.336. The topological polar surface area (TPSA) is 48.4 Å². The van der Waals surface area contributed by atoms with Gasteiger partial charge in [0.1, 0.15) is 18.1 Å². The van der Waals surface area contributed by atoms with Gasteiger partial charge in [0.15, 0.2) is 0 Å². The number of hydrogen-bond donors (Lipinski definition) is 1. The Morgan fingerprint density at radius 3 is 2.94 bits per heavy atom. The zero-order valence-electron chi connectivity index (χ0n) is 9.57. The van der Waals surface area contributed by atoms with Crippen molar-refractivity contribution in [1.82, 2.24) is 0 Å². The highest BCUT2D eigenvalue weighted by atomic mass is 35.5. The molecule has 0 spiro atoms. The summed E-state index contributed by atoms with van der Waals surface area (Å²) in [6, 6.07) is 7.50. The van der Waals surface area contributed by atoms with E-state index in [4.69, 9.17) is 26.5 Å². The molecule has 2 N–H and O–H groups in total. The molecule has 0 unspecified atom stereocenters. The lowest BCUT2D eigenvalue weighted by atomic mass is 10.2. The smallest absolute Gasteiger partial charge is 0.146 e. The van der Waals surface area contributed by atoms with Crippen LogP contribution in [0.4, 0.5) is 0 Å². The summed E-state index contributed by atoms with van der Waals surface area (Å²) in [6.45, 7) is 2.76. The molecule has 3 nitrogen and oxygen atoms in total. The lowest BCUT2D eigenvalue weighted by molar-refractivity contribution is 0.268. The van der Waals surface area contributed by atoms with E-state index in [2.05, 4.69) is 0 Å². The summed E-state index contributed by atoms with van der Waals surface area (Å²) in [5.74, 6) is 1.40. The van der Waals surface area contributed by atoms with Crippen molar-refractivity contribution in [2.45, 2.75) is 20.1 Å². The maximum Gasteiger partial charge on any atom is 0.146 e. The summed E-state index contributed by atoms with van der Waals surface area (Å²) >= 11 is 6.03. The molecule has 0 bridgehead atoms. The molecule has 0 atom stereocenters. The summed E-state index contributed by atoms with van der Waals surface area (Å²) in [6.07, 6.45) is 1.61. The fourth-order valence-electron chi connectivity index (χ4n) is 1.54. The van der Waals surface area contributed by atoms with Crippen LogP contribution in [0.15, 0.2) is 34.9 Å². The van der Waals surface area contributed by atoms with Crippen LogP contribution in [0.3, 0.4) is 0 Å². The summed E-state index contributed by atoms with van der Waals surface area (Å²) in [4.78, 5) is 0. The number of halogens is 1. The van der Waals surface area contributed by atoms with Crippen LogP contribution in [-0.4, -0.2) is 0 Å². The molecule has 1 aromatic heterocycles. The highest BCUT2D eigenvalue weighted by molar-refractivity contribution is 6.32. The molecule has 1 aromatic carbocycles. The predicted octanol–water partition coefficient (Wildman–Crippen LogP) is 3.28. The van der Waals surface area contributed by atoms with E-state index < -0.39 is 0 Å². The first-order valence-corrected chi connectivity index (χ1v) is 5.72. The van der Waals surface area contributed by atoms with Crippen molar-refractivity contribution in [2.24, 2.45) is 5.73 Å². The highest BCUT2D eigenvalue weighted by Gasteiger charge is 2.07. The van der Waals surface area contributed by atoms with Gasteiger partial charge in [0.25, 0.3) is 0 Å². The van der Waals surface area contributed by atoms with E-state index in [0.717, 1.165) is 16.9 Å². The van der Waals surface area contributed by atoms with Crippen molar-refractivity contribution in [3.05, 3.63) is 52.4 Å². The average molecular weight is 252 g/mol. The van der Waals surface area contributed by atoms with Crippen molar-refractivity contribution in [3.8, 4) is 5.75 Å². The summed E-state index contributed by atoms with van der Waals surface area (Å²) < 4.78 is 10.9. The molecule has 0 aliphatic heterocycles. The molecule has 2 aromatic rings. The summed E-state index contributed by atoms with van der Waals surface area (Å²) in [5, 5.41) is 0.594. The van der Waals surface area contributed by atoms with Crippen molar-refractivity contribution >= 4 is 11.6 Å². The molecular formula is C13H14ClNO2. The largest absolute Gasteiger partial charge is 0.484 e. The van der Waals surface area contributed by atoms with Gasteiger partial charge in [0, 0.05) is 12.1 Å². The molecule has 1 heterocycles. The molecule has 0 radical (unpaired) electrons. The van der Waals surface area contributed by atoms with Gasteiger partial charge in [-0.25, -0.2) is 0 Å². The molecule has 0 fully saturated rings. The third kappa shape index (κ3) is 2.81. The van der Waals surface area contributed by atoms with Gasteiger partial charge in [-0.3, -0.25) is 0 Å². The molecule has 0 saturated carbocycles. The number of rotatable bonds is 4. The Morgan fingerprint density at radius 1 is 1.35 bits per heavy atom. The van der Waals surface area contributed by atoms with E-state index in [9.17, 15) is 0 Å². The van der Waals surface area contributed by atoms with E-state index in [1.54, 1.807) is 6.26 Å². The van der Waals surface area contributed by atoms with Crippen LogP contribution in [0.25, 0.3) is 0 Å². The van der Waals surface area contributed by atoms with Crippen molar-refractivity contribution < 1.29 is 9.15 Å². The second-order valence-corrected chi connectivity index (χ2v) is 4.20. The lowest BCUT2D eigenvalue weighted by Crippen LogP contribution is -2.02. The van der Waals surface area contributed by atoms with E-state index in [1.807, 2.05) is 31.2 Å². The fourth-order valence-corrected chi connectivity index (χ4v) is 1.71. The maximum atomic E-state index is 6.03. The van der Waals surface area contributed by atoms with Crippen LogP contribution in [-0.2, 0) is 13.2 Å². The third-order valence-electron chi connectivity index (χ3n) is 2.50. The van der Waals surface area contributed by atoms with Gasteiger partial charge in [-0.05, 0) is 30.7 Å². The van der Waals surface area contributed by atoms with E-state index in [1.165, 1.54) is 0 Å². The van der Waals surface area contributed by atoms with Gasteiger partial charge in [-0.1, -0.05) is 17.7 Å². The molecule has 0 amide bonds. The fraction of sp³-hybridized carbons (Fsp3) is 0.231. The highest BCUT2D eigenvalue weighted by Crippen LogP contribution is 2.26. The number of furan rings is 1. The zero-order chi connectivity index (χ0) is 12.3. The number of ether oxygens (including phenoxy) is 1. The number of aryl methyl sites for hydroxylation is 1. The van der Waals surface area contributed by atoms with Crippen molar-refractivity contribution in [2.75, 3.05) is 0 Å². The number of hydrogen-bond acceptors (Lipinski definition) is 3. The Labute approximate surface area is 105 Å². The Morgan fingerprint density at radius 2 is 2.18 bits per heavy atom. The van der Waals surface area contributed by atoms with Gasteiger partial charge in [0.2, 0.25) is 0 Å². The first-order valence-electron chi connectivity index (χ1n) is 5.35. The van der Waals surface area contributed by atoms with Crippen molar-refractivity contribution in [3.63, 3.8) is 0 Å². The minimum absolute atomic E-state index is 0.336. The molecular weight excluding hydrogens is 238 g/mol. The molecule has 4 heteroatoms. The van der Waals surface area contributed by atoms with E-state index in [0.29, 0.717) is 23.9 Å². The van der Waals surface area contributed by atoms with Gasteiger partial charge in [0.05, 0.1) is 11.3 Å². The quantitative estimate of drug-likeness (QED) is 0.907. The van der Waals surface area contributed by atoms with Gasteiger partial charge in [-0.15, -0.1) is 0 Å². The minimum Gasteiger partial charge on any atom is -0.484 e. The molecule has 0 aliphatic carbocycles. The van der Waals surface area contributed by atoms with Crippen LogP contribution in [0, 0.1) is 6.92 Å². The first kappa shape index (κ1) is 12.0. The number of benzene rings is 1. The van der Waals surface area contributed by atoms with Crippen molar-refractivity contribution in [1.29, 1.82) is 0 Å². The molecule has 2 rings (SSSR count).